The molecule has 0 radical (unpaired) electrons. The first-order valence-corrected chi connectivity index (χ1v) is 11.5. The van der Waals surface area contributed by atoms with E-state index >= 15 is 0 Å². The minimum atomic E-state index is -4.84. The van der Waals surface area contributed by atoms with Crippen molar-refractivity contribution in [3.05, 3.63) is 116 Å². The Morgan fingerprint density at radius 3 is 2.44 bits per heavy atom. The van der Waals surface area contributed by atoms with Gasteiger partial charge in [-0.05, 0) is 67.3 Å². The van der Waals surface area contributed by atoms with Gasteiger partial charge in [-0.1, -0.05) is 48.0 Å². The van der Waals surface area contributed by atoms with E-state index in [2.05, 4.69) is 0 Å². The van der Waals surface area contributed by atoms with Gasteiger partial charge in [-0.3, -0.25) is 4.79 Å². The fourth-order valence-corrected chi connectivity index (χ4v) is 4.31. The topological polar surface area (TPSA) is 55.0 Å². The third kappa shape index (κ3) is 5.28. The zero-order valence-electron chi connectivity index (χ0n) is 20.2. The highest BCUT2D eigenvalue weighted by molar-refractivity contribution is 5.74. The Morgan fingerprint density at radius 1 is 1.08 bits per heavy atom. The van der Waals surface area contributed by atoms with Crippen molar-refractivity contribution in [3.8, 4) is 11.8 Å². The number of hydrogen-bond acceptors (Lipinski definition) is 3. The van der Waals surface area contributed by atoms with Gasteiger partial charge >= 0.3 is 6.18 Å². The van der Waals surface area contributed by atoms with Gasteiger partial charge in [0.15, 0.2) is 0 Å². The number of nitriles is 1. The molecule has 1 aromatic heterocycles. The lowest BCUT2D eigenvalue weighted by Gasteiger charge is -2.22. The van der Waals surface area contributed by atoms with Gasteiger partial charge in [0, 0.05) is 6.42 Å². The minimum absolute atomic E-state index is 0.0432. The Morgan fingerprint density at radius 2 is 1.83 bits per heavy atom. The van der Waals surface area contributed by atoms with Crippen LogP contribution in [-0.4, -0.2) is 10.7 Å². The number of benzene rings is 2. The van der Waals surface area contributed by atoms with Crippen molar-refractivity contribution in [1.82, 2.24) is 4.57 Å². The fourth-order valence-electron chi connectivity index (χ4n) is 4.31. The van der Waals surface area contributed by atoms with E-state index in [1.807, 2.05) is 63.2 Å². The largest absolute Gasteiger partial charge is 0.486 e. The first-order chi connectivity index (χ1) is 17.1. The van der Waals surface area contributed by atoms with E-state index < -0.39 is 22.9 Å². The summed E-state index contributed by atoms with van der Waals surface area (Å²) in [5.41, 5.74) is 1.26. The van der Waals surface area contributed by atoms with Crippen LogP contribution in [0, 0.1) is 32.1 Å². The van der Waals surface area contributed by atoms with Gasteiger partial charge in [-0.2, -0.15) is 18.4 Å². The van der Waals surface area contributed by atoms with E-state index in [0.717, 1.165) is 28.3 Å². The highest BCUT2D eigenvalue weighted by atomic mass is 19.4. The lowest BCUT2D eigenvalue weighted by atomic mass is 9.98. The van der Waals surface area contributed by atoms with E-state index in [9.17, 15) is 23.2 Å². The lowest BCUT2D eigenvalue weighted by molar-refractivity contribution is -0.138. The molecule has 1 unspecified atom stereocenters. The zero-order valence-corrected chi connectivity index (χ0v) is 20.2. The molecule has 0 aliphatic heterocycles. The van der Waals surface area contributed by atoms with Crippen LogP contribution in [0.25, 0.3) is 5.57 Å². The molecule has 2 aromatic carbocycles. The Kier molecular flexibility index (Phi) is 6.89. The third-order valence-electron chi connectivity index (χ3n) is 6.18. The van der Waals surface area contributed by atoms with Crippen LogP contribution in [0.3, 0.4) is 0 Å². The molecule has 1 aliphatic rings. The van der Waals surface area contributed by atoms with Crippen LogP contribution in [0.1, 0.15) is 45.5 Å². The molecule has 0 amide bonds. The van der Waals surface area contributed by atoms with Crippen LogP contribution >= 0.6 is 0 Å². The molecule has 7 heteroatoms. The number of pyridine rings is 1. The molecule has 3 aromatic rings. The van der Waals surface area contributed by atoms with Gasteiger partial charge in [-0.25, -0.2) is 0 Å². The van der Waals surface area contributed by atoms with Crippen LogP contribution < -0.4 is 10.3 Å². The summed E-state index contributed by atoms with van der Waals surface area (Å²) in [6.07, 6.45) is 0.487. The fraction of sp³-hybridized carbons (Fsp3) is 0.241. The maximum Gasteiger partial charge on any atom is 0.417 e. The molecule has 0 saturated carbocycles. The summed E-state index contributed by atoms with van der Waals surface area (Å²) < 4.78 is 48.7. The zero-order chi connectivity index (χ0) is 26.0. The molecule has 4 rings (SSSR count). The Bertz CT molecular complexity index is 1470. The highest BCUT2D eigenvalue weighted by Gasteiger charge is 2.36. The summed E-state index contributed by atoms with van der Waals surface area (Å²) in [4.78, 5) is 13.2. The van der Waals surface area contributed by atoms with E-state index in [1.165, 1.54) is 10.6 Å². The average Bonchev–Trinajstić information content (AvgIpc) is 2.81. The van der Waals surface area contributed by atoms with Gasteiger partial charge in [0.1, 0.15) is 23.5 Å². The number of allylic oxidation sites excluding steroid dienone is 2. The SMILES string of the molecule is Cc1cccc(OC2C=CC(c3cc(C(F)(F)F)c(C#N)c(=O)n3Cc3ccc(C)cc3C)=CC2)c1. The number of halogens is 3. The maximum atomic E-state index is 13.8. The van der Waals surface area contributed by atoms with Crippen molar-refractivity contribution in [2.45, 2.75) is 46.0 Å². The van der Waals surface area contributed by atoms with E-state index in [0.29, 0.717) is 17.7 Å². The van der Waals surface area contributed by atoms with Gasteiger partial charge in [-0.15, -0.1) is 0 Å². The molecular weight excluding hydrogens is 465 g/mol. The molecule has 0 bridgehead atoms. The second-order valence-corrected chi connectivity index (χ2v) is 8.98. The minimum Gasteiger partial charge on any atom is -0.486 e. The molecule has 0 fully saturated rings. The molecule has 184 valence electrons. The molecule has 1 heterocycles. The van der Waals surface area contributed by atoms with E-state index in [4.69, 9.17) is 4.74 Å². The summed E-state index contributed by atoms with van der Waals surface area (Å²) in [5, 5.41) is 9.43. The lowest BCUT2D eigenvalue weighted by Crippen LogP contribution is -2.30. The van der Waals surface area contributed by atoms with Crippen molar-refractivity contribution in [2.24, 2.45) is 0 Å². The maximum absolute atomic E-state index is 13.8. The molecule has 36 heavy (non-hydrogen) atoms. The number of hydrogen-bond donors (Lipinski definition) is 0. The first kappa shape index (κ1) is 25.1. The second-order valence-electron chi connectivity index (χ2n) is 8.98. The Balaban J connectivity index is 1.76. The van der Waals surface area contributed by atoms with Crippen molar-refractivity contribution in [2.75, 3.05) is 0 Å². The van der Waals surface area contributed by atoms with Crippen molar-refractivity contribution < 1.29 is 17.9 Å². The van der Waals surface area contributed by atoms with Gasteiger partial charge < -0.3 is 9.30 Å². The predicted molar refractivity (Wildman–Crippen MR) is 133 cm³/mol. The average molecular weight is 491 g/mol. The first-order valence-electron chi connectivity index (χ1n) is 11.5. The Hall–Kier alpha value is -4.05. The van der Waals surface area contributed by atoms with Crippen molar-refractivity contribution in [1.29, 1.82) is 5.26 Å². The number of ether oxygens (including phenoxy) is 1. The van der Waals surface area contributed by atoms with Gasteiger partial charge in [0.25, 0.3) is 5.56 Å². The third-order valence-corrected chi connectivity index (χ3v) is 6.18. The number of aromatic nitrogens is 1. The van der Waals surface area contributed by atoms with Crippen LogP contribution in [-0.2, 0) is 12.7 Å². The van der Waals surface area contributed by atoms with E-state index in [-0.39, 0.29) is 18.3 Å². The van der Waals surface area contributed by atoms with Crippen molar-refractivity contribution >= 4 is 5.57 Å². The summed E-state index contributed by atoms with van der Waals surface area (Å²) in [6, 6.07) is 15.7. The molecule has 0 spiro atoms. The molecule has 0 N–H and O–H groups in total. The summed E-state index contributed by atoms with van der Waals surface area (Å²) in [6.45, 7) is 5.82. The normalized spacial score (nSPS) is 15.4. The van der Waals surface area contributed by atoms with Gasteiger partial charge in [0.2, 0.25) is 0 Å². The molecule has 4 nitrogen and oxygen atoms in total. The molecule has 1 aliphatic carbocycles. The van der Waals surface area contributed by atoms with Crippen LogP contribution in [0.4, 0.5) is 13.2 Å². The summed E-state index contributed by atoms with van der Waals surface area (Å²) in [5.74, 6) is 0.700. The monoisotopic (exact) mass is 490 g/mol. The number of alkyl halides is 3. The van der Waals surface area contributed by atoms with E-state index in [1.54, 1.807) is 18.2 Å². The predicted octanol–water partition coefficient (Wildman–Crippen LogP) is 6.50. The van der Waals surface area contributed by atoms with Crippen LogP contribution in [0.5, 0.6) is 5.75 Å². The molecular formula is C29H25F3N2O2. The van der Waals surface area contributed by atoms with Crippen molar-refractivity contribution in [3.63, 3.8) is 0 Å². The van der Waals surface area contributed by atoms with Crippen LogP contribution in [0.15, 0.2) is 71.6 Å². The highest BCUT2D eigenvalue weighted by Crippen LogP contribution is 2.34. The number of aryl methyl sites for hydroxylation is 3. The molecule has 0 saturated heterocycles. The van der Waals surface area contributed by atoms with Crippen LogP contribution in [0.2, 0.25) is 0 Å². The van der Waals surface area contributed by atoms with Gasteiger partial charge in [0.05, 0.1) is 17.8 Å². The standard InChI is InChI=1S/C29H25F3N2O2/c1-18-5-4-6-24(14-18)36-23-11-9-21(10-12-23)27-15-26(29(30,31)32)25(16-33)28(35)34(27)17-22-8-7-19(2)13-20(22)3/h4-11,13-15,23H,12,17H2,1-3H3. The quantitative estimate of drug-likeness (QED) is 0.410. The summed E-state index contributed by atoms with van der Waals surface area (Å²) >= 11 is 0. The smallest absolute Gasteiger partial charge is 0.417 e. The number of nitrogens with zero attached hydrogens (tertiary/aromatic N) is 2. The summed E-state index contributed by atoms with van der Waals surface area (Å²) in [7, 11) is 0. The second kappa shape index (κ2) is 9.90. The Labute approximate surface area is 207 Å². The number of rotatable bonds is 5. The molecule has 1 atom stereocenters.